The van der Waals surface area contributed by atoms with Gasteiger partial charge in [0.2, 0.25) is 5.82 Å². The van der Waals surface area contributed by atoms with Gasteiger partial charge in [-0.3, -0.25) is 9.89 Å². The molecule has 19 heavy (non-hydrogen) atoms. The first-order valence-electron chi connectivity index (χ1n) is 6.86. The van der Waals surface area contributed by atoms with E-state index in [-0.39, 0.29) is 23.7 Å². The molecular formula is C13H22N4OS. The lowest BCUT2D eigenvalue weighted by atomic mass is 9.95. The van der Waals surface area contributed by atoms with Gasteiger partial charge in [-0.2, -0.15) is 11.8 Å². The number of aromatic nitrogens is 3. The molecule has 1 aromatic rings. The number of carbonyl (C=O) groups is 1. The Kier molecular flexibility index (Phi) is 4.85. The van der Waals surface area contributed by atoms with Crippen LogP contribution in [0.4, 0.5) is 0 Å². The van der Waals surface area contributed by atoms with Gasteiger partial charge in [-0.05, 0) is 25.5 Å². The standard InChI is InChI=1S/C13H22N4OS/c1-8(2)11-15-12(17-16-11)13(18)14-9-5-4-6-10(7-9)19-3/h8-10H,4-7H2,1-3H3,(H,14,18)(H,15,16,17). The Bertz CT molecular complexity index is 432. The lowest BCUT2D eigenvalue weighted by molar-refractivity contribution is 0.0918. The van der Waals surface area contributed by atoms with Gasteiger partial charge >= 0.3 is 0 Å². The Morgan fingerprint density at radius 2 is 2.26 bits per heavy atom. The summed E-state index contributed by atoms with van der Waals surface area (Å²) in [5.41, 5.74) is 0. The Balaban J connectivity index is 1.92. The van der Waals surface area contributed by atoms with E-state index in [4.69, 9.17) is 0 Å². The quantitative estimate of drug-likeness (QED) is 0.889. The van der Waals surface area contributed by atoms with Crippen molar-refractivity contribution in [1.29, 1.82) is 0 Å². The lowest BCUT2D eigenvalue weighted by Crippen LogP contribution is -2.39. The summed E-state index contributed by atoms with van der Waals surface area (Å²) in [6, 6.07) is 0.264. The minimum absolute atomic E-state index is 0.157. The number of hydrogen-bond donors (Lipinski definition) is 2. The van der Waals surface area contributed by atoms with E-state index in [1.54, 1.807) is 0 Å². The minimum atomic E-state index is -0.157. The second-order valence-corrected chi connectivity index (χ2v) is 6.53. The first-order chi connectivity index (χ1) is 9.10. The lowest BCUT2D eigenvalue weighted by Gasteiger charge is -2.28. The molecule has 2 atom stereocenters. The van der Waals surface area contributed by atoms with E-state index in [0.29, 0.717) is 5.25 Å². The zero-order valence-corrected chi connectivity index (χ0v) is 12.6. The maximum atomic E-state index is 12.1. The Hall–Kier alpha value is -1.04. The third-order valence-electron chi connectivity index (χ3n) is 3.55. The first kappa shape index (κ1) is 14.4. The second kappa shape index (κ2) is 6.41. The van der Waals surface area contributed by atoms with Crippen molar-refractivity contribution in [3.63, 3.8) is 0 Å². The van der Waals surface area contributed by atoms with Crippen molar-refractivity contribution in [2.75, 3.05) is 6.26 Å². The van der Waals surface area contributed by atoms with Gasteiger partial charge in [-0.1, -0.05) is 20.3 Å². The zero-order chi connectivity index (χ0) is 13.8. The van der Waals surface area contributed by atoms with Gasteiger partial charge < -0.3 is 5.32 Å². The van der Waals surface area contributed by atoms with E-state index in [2.05, 4.69) is 26.8 Å². The fourth-order valence-corrected chi connectivity index (χ4v) is 3.20. The molecule has 2 rings (SSSR count). The van der Waals surface area contributed by atoms with Crippen molar-refractivity contribution in [2.24, 2.45) is 0 Å². The monoisotopic (exact) mass is 282 g/mol. The highest BCUT2D eigenvalue weighted by molar-refractivity contribution is 7.99. The molecule has 1 heterocycles. The van der Waals surface area contributed by atoms with Crippen LogP contribution in [0, 0.1) is 0 Å². The molecule has 1 aliphatic carbocycles. The topological polar surface area (TPSA) is 70.7 Å². The van der Waals surface area contributed by atoms with Crippen LogP contribution in [-0.4, -0.2) is 38.6 Å². The van der Waals surface area contributed by atoms with Crippen LogP contribution in [0.5, 0.6) is 0 Å². The largest absolute Gasteiger partial charge is 0.346 e. The number of thioether (sulfide) groups is 1. The number of nitrogens with one attached hydrogen (secondary N) is 2. The number of hydrogen-bond acceptors (Lipinski definition) is 4. The predicted molar refractivity (Wildman–Crippen MR) is 77.5 cm³/mol. The number of aromatic amines is 1. The van der Waals surface area contributed by atoms with Crippen LogP contribution in [0.25, 0.3) is 0 Å². The zero-order valence-electron chi connectivity index (χ0n) is 11.8. The molecule has 1 saturated carbocycles. The average Bonchev–Trinajstić information content (AvgIpc) is 2.89. The van der Waals surface area contributed by atoms with Crippen LogP contribution in [0.1, 0.15) is 61.9 Å². The van der Waals surface area contributed by atoms with Gasteiger partial charge in [0.25, 0.3) is 5.91 Å². The van der Waals surface area contributed by atoms with Gasteiger partial charge in [0.1, 0.15) is 5.82 Å². The number of nitrogens with zero attached hydrogens (tertiary/aromatic N) is 2. The fourth-order valence-electron chi connectivity index (χ4n) is 2.37. The summed E-state index contributed by atoms with van der Waals surface area (Å²) in [4.78, 5) is 16.3. The number of rotatable bonds is 4. The number of amides is 1. The number of H-pyrrole nitrogens is 1. The van der Waals surface area contributed by atoms with E-state index < -0.39 is 0 Å². The second-order valence-electron chi connectivity index (χ2n) is 5.39. The van der Waals surface area contributed by atoms with Crippen LogP contribution < -0.4 is 5.32 Å². The maximum absolute atomic E-state index is 12.1. The summed E-state index contributed by atoms with van der Waals surface area (Å²) in [5.74, 6) is 1.12. The highest BCUT2D eigenvalue weighted by Crippen LogP contribution is 2.26. The van der Waals surface area contributed by atoms with Crippen LogP contribution in [0.3, 0.4) is 0 Å². The molecule has 1 aromatic heterocycles. The normalized spacial score (nSPS) is 23.6. The first-order valence-corrected chi connectivity index (χ1v) is 8.15. The molecule has 0 bridgehead atoms. The van der Waals surface area contributed by atoms with E-state index >= 15 is 0 Å². The predicted octanol–water partition coefficient (Wildman–Crippen LogP) is 2.33. The van der Waals surface area contributed by atoms with Crippen molar-refractivity contribution in [3.05, 3.63) is 11.6 Å². The molecule has 106 valence electrons. The molecule has 1 aliphatic rings. The molecule has 6 heteroatoms. The van der Waals surface area contributed by atoms with E-state index in [1.165, 1.54) is 12.8 Å². The Morgan fingerprint density at radius 3 is 2.89 bits per heavy atom. The highest BCUT2D eigenvalue weighted by atomic mass is 32.2. The van der Waals surface area contributed by atoms with E-state index in [0.717, 1.165) is 18.7 Å². The summed E-state index contributed by atoms with van der Waals surface area (Å²) in [6.45, 7) is 4.04. The summed E-state index contributed by atoms with van der Waals surface area (Å²) in [6.07, 6.45) is 6.69. The van der Waals surface area contributed by atoms with Gasteiger partial charge in [-0.25, -0.2) is 4.98 Å². The van der Waals surface area contributed by atoms with Crippen LogP contribution in [-0.2, 0) is 0 Å². The molecule has 0 saturated heterocycles. The molecule has 0 radical (unpaired) electrons. The van der Waals surface area contributed by atoms with Gasteiger partial charge in [0.05, 0.1) is 0 Å². The molecule has 1 amide bonds. The molecule has 1 fully saturated rings. The summed E-state index contributed by atoms with van der Waals surface area (Å²) < 4.78 is 0. The van der Waals surface area contributed by atoms with Crippen molar-refractivity contribution in [2.45, 2.75) is 56.7 Å². The smallest absolute Gasteiger partial charge is 0.291 e. The third-order valence-corrected chi connectivity index (χ3v) is 4.64. The molecule has 2 unspecified atom stereocenters. The Morgan fingerprint density at radius 1 is 1.47 bits per heavy atom. The maximum Gasteiger partial charge on any atom is 0.291 e. The van der Waals surface area contributed by atoms with Crippen LogP contribution in [0.15, 0.2) is 0 Å². The van der Waals surface area contributed by atoms with E-state index in [9.17, 15) is 4.79 Å². The molecule has 2 N–H and O–H groups in total. The van der Waals surface area contributed by atoms with Crippen molar-refractivity contribution in [3.8, 4) is 0 Å². The van der Waals surface area contributed by atoms with E-state index in [1.807, 2.05) is 25.6 Å². The van der Waals surface area contributed by atoms with Gasteiger partial charge in [0, 0.05) is 17.2 Å². The van der Waals surface area contributed by atoms with Crippen molar-refractivity contribution < 1.29 is 4.79 Å². The molecule has 0 aliphatic heterocycles. The van der Waals surface area contributed by atoms with Crippen LogP contribution in [0.2, 0.25) is 0 Å². The molecule has 0 aromatic carbocycles. The van der Waals surface area contributed by atoms with Crippen molar-refractivity contribution in [1.82, 2.24) is 20.5 Å². The van der Waals surface area contributed by atoms with Gasteiger partial charge in [-0.15, -0.1) is 5.10 Å². The SMILES string of the molecule is CSC1CCCC(NC(=O)c2n[nH]c(C(C)C)n2)C1. The third kappa shape index (κ3) is 3.72. The summed E-state index contributed by atoms with van der Waals surface area (Å²) in [5, 5.41) is 10.5. The fraction of sp³-hybridized carbons (Fsp3) is 0.769. The summed E-state index contributed by atoms with van der Waals surface area (Å²) in [7, 11) is 0. The molecule has 0 spiro atoms. The average molecular weight is 282 g/mol. The van der Waals surface area contributed by atoms with Gasteiger partial charge in [0.15, 0.2) is 0 Å². The summed E-state index contributed by atoms with van der Waals surface area (Å²) >= 11 is 1.89. The molecular weight excluding hydrogens is 260 g/mol. The number of carbonyl (C=O) groups excluding carboxylic acids is 1. The van der Waals surface area contributed by atoms with Crippen LogP contribution >= 0.6 is 11.8 Å². The Labute approximate surface area is 118 Å². The minimum Gasteiger partial charge on any atom is -0.346 e. The van der Waals surface area contributed by atoms with Crippen molar-refractivity contribution >= 4 is 17.7 Å². The highest BCUT2D eigenvalue weighted by Gasteiger charge is 2.24. The molecule has 5 nitrogen and oxygen atoms in total.